The Morgan fingerprint density at radius 2 is 2.04 bits per heavy atom. The van der Waals surface area contributed by atoms with E-state index in [2.05, 4.69) is 20.9 Å². The molecule has 0 radical (unpaired) electrons. The zero-order chi connectivity index (χ0) is 16.7. The monoisotopic (exact) mass is 320 g/mol. The molecular weight excluding hydrogens is 292 g/mol. The number of ether oxygens (including phenoxy) is 1. The van der Waals surface area contributed by atoms with Crippen LogP contribution < -0.4 is 5.73 Å². The summed E-state index contributed by atoms with van der Waals surface area (Å²) in [6, 6.07) is 4.10. The number of methoxy groups -OCH3 is 1. The van der Waals surface area contributed by atoms with E-state index in [-0.39, 0.29) is 17.9 Å². The SMILES string of the molecule is COC(CC(C)C(N)=O)CN1CCN(Cc2cccnc2)CC1. The third-order valence-electron chi connectivity index (χ3n) is 4.49. The van der Waals surface area contributed by atoms with Crippen molar-refractivity contribution in [1.29, 1.82) is 0 Å². The van der Waals surface area contributed by atoms with Crippen molar-refractivity contribution in [2.45, 2.75) is 26.0 Å². The van der Waals surface area contributed by atoms with E-state index < -0.39 is 0 Å². The molecule has 1 aromatic rings. The molecule has 2 heterocycles. The molecular formula is C17H28N4O2. The van der Waals surface area contributed by atoms with Crippen LogP contribution in [0.4, 0.5) is 0 Å². The smallest absolute Gasteiger partial charge is 0.220 e. The van der Waals surface area contributed by atoms with Crippen LogP contribution in [0.2, 0.25) is 0 Å². The van der Waals surface area contributed by atoms with Gasteiger partial charge in [-0.3, -0.25) is 19.6 Å². The molecule has 6 nitrogen and oxygen atoms in total. The maximum Gasteiger partial charge on any atom is 0.220 e. The van der Waals surface area contributed by atoms with E-state index >= 15 is 0 Å². The second-order valence-corrected chi connectivity index (χ2v) is 6.33. The number of carbonyl (C=O) groups excluding carboxylic acids is 1. The molecule has 2 atom stereocenters. The minimum atomic E-state index is -0.256. The summed E-state index contributed by atoms with van der Waals surface area (Å²) >= 11 is 0. The van der Waals surface area contributed by atoms with Crippen molar-refractivity contribution in [2.24, 2.45) is 11.7 Å². The van der Waals surface area contributed by atoms with Crippen LogP contribution >= 0.6 is 0 Å². The van der Waals surface area contributed by atoms with Gasteiger partial charge < -0.3 is 10.5 Å². The summed E-state index contributed by atoms with van der Waals surface area (Å²) in [4.78, 5) is 20.2. The molecule has 2 N–H and O–H groups in total. The maximum absolute atomic E-state index is 11.2. The second-order valence-electron chi connectivity index (χ2n) is 6.33. The van der Waals surface area contributed by atoms with Gasteiger partial charge in [0, 0.05) is 64.7 Å². The minimum absolute atomic E-state index is 0.0578. The first kappa shape index (κ1) is 17.8. The number of nitrogens with zero attached hydrogens (tertiary/aromatic N) is 3. The van der Waals surface area contributed by atoms with E-state index in [4.69, 9.17) is 10.5 Å². The van der Waals surface area contributed by atoms with Gasteiger partial charge in [-0.25, -0.2) is 0 Å². The second kappa shape index (κ2) is 8.96. The van der Waals surface area contributed by atoms with Gasteiger partial charge in [0.25, 0.3) is 0 Å². The van der Waals surface area contributed by atoms with Crippen molar-refractivity contribution in [2.75, 3.05) is 39.8 Å². The molecule has 0 spiro atoms. The van der Waals surface area contributed by atoms with Crippen molar-refractivity contribution in [3.8, 4) is 0 Å². The molecule has 0 saturated carbocycles. The predicted octanol–water partition coefficient (Wildman–Crippen LogP) is 0.726. The standard InChI is InChI=1S/C17H28N4O2/c1-14(17(18)22)10-16(23-2)13-21-8-6-20(7-9-21)12-15-4-3-5-19-11-15/h3-5,11,14,16H,6-10,12-13H2,1-2H3,(H2,18,22). The van der Waals surface area contributed by atoms with E-state index in [1.54, 1.807) is 13.3 Å². The van der Waals surface area contributed by atoms with Gasteiger partial charge in [-0.15, -0.1) is 0 Å². The zero-order valence-electron chi connectivity index (χ0n) is 14.1. The Hall–Kier alpha value is -1.50. The van der Waals surface area contributed by atoms with Gasteiger partial charge in [0.1, 0.15) is 0 Å². The van der Waals surface area contributed by atoms with Gasteiger partial charge in [-0.2, -0.15) is 0 Å². The molecule has 1 aromatic heterocycles. The van der Waals surface area contributed by atoms with Crippen molar-refractivity contribution < 1.29 is 9.53 Å². The molecule has 0 bridgehead atoms. The summed E-state index contributed by atoms with van der Waals surface area (Å²) in [7, 11) is 1.71. The Balaban J connectivity index is 1.74. The largest absolute Gasteiger partial charge is 0.380 e. The first-order chi connectivity index (χ1) is 11.1. The van der Waals surface area contributed by atoms with Crippen molar-refractivity contribution in [3.63, 3.8) is 0 Å². The number of amides is 1. The van der Waals surface area contributed by atoms with Crippen LogP contribution in [0.5, 0.6) is 0 Å². The molecule has 1 aliphatic rings. The van der Waals surface area contributed by atoms with Crippen LogP contribution in [0, 0.1) is 5.92 Å². The van der Waals surface area contributed by atoms with Crippen molar-refractivity contribution in [1.82, 2.24) is 14.8 Å². The summed E-state index contributed by atoms with van der Waals surface area (Å²) in [5.74, 6) is -0.403. The number of carbonyl (C=O) groups is 1. The summed E-state index contributed by atoms with van der Waals surface area (Å²) in [5.41, 5.74) is 6.60. The van der Waals surface area contributed by atoms with Crippen LogP contribution in [0.15, 0.2) is 24.5 Å². The Morgan fingerprint density at radius 1 is 1.35 bits per heavy atom. The quantitative estimate of drug-likeness (QED) is 0.764. The fourth-order valence-electron chi connectivity index (χ4n) is 2.92. The average molecular weight is 320 g/mol. The van der Waals surface area contributed by atoms with Crippen LogP contribution in [0.1, 0.15) is 18.9 Å². The molecule has 6 heteroatoms. The Bertz CT molecular complexity index is 475. The number of nitrogens with two attached hydrogens (primary N) is 1. The highest BCUT2D eigenvalue weighted by Crippen LogP contribution is 2.13. The van der Waals surface area contributed by atoms with E-state index in [9.17, 15) is 4.79 Å². The minimum Gasteiger partial charge on any atom is -0.380 e. The van der Waals surface area contributed by atoms with E-state index in [0.29, 0.717) is 6.42 Å². The highest BCUT2D eigenvalue weighted by molar-refractivity contribution is 5.76. The Kier molecular flexibility index (Phi) is 6.95. The molecule has 2 rings (SSSR count). The van der Waals surface area contributed by atoms with Crippen LogP contribution in [0.25, 0.3) is 0 Å². The topological polar surface area (TPSA) is 71.7 Å². The van der Waals surface area contributed by atoms with Crippen LogP contribution in [-0.4, -0.2) is 66.6 Å². The van der Waals surface area contributed by atoms with Gasteiger partial charge in [-0.1, -0.05) is 13.0 Å². The molecule has 128 valence electrons. The number of primary amides is 1. The third kappa shape index (κ3) is 5.89. The van der Waals surface area contributed by atoms with E-state index in [1.165, 1.54) is 5.56 Å². The Morgan fingerprint density at radius 3 is 2.61 bits per heavy atom. The third-order valence-corrected chi connectivity index (χ3v) is 4.49. The van der Waals surface area contributed by atoms with E-state index in [1.807, 2.05) is 19.2 Å². The number of piperazine rings is 1. The maximum atomic E-state index is 11.2. The van der Waals surface area contributed by atoms with Crippen molar-refractivity contribution >= 4 is 5.91 Å². The Labute approximate surface area is 138 Å². The van der Waals surface area contributed by atoms with Crippen LogP contribution in [0.3, 0.4) is 0 Å². The van der Waals surface area contributed by atoms with E-state index in [0.717, 1.165) is 39.3 Å². The number of hydrogen-bond acceptors (Lipinski definition) is 5. The number of rotatable bonds is 8. The fraction of sp³-hybridized carbons (Fsp3) is 0.647. The van der Waals surface area contributed by atoms with Gasteiger partial charge in [0.15, 0.2) is 0 Å². The molecule has 2 unspecified atom stereocenters. The van der Waals surface area contributed by atoms with Crippen molar-refractivity contribution in [3.05, 3.63) is 30.1 Å². The van der Waals surface area contributed by atoms with Gasteiger partial charge in [0.2, 0.25) is 5.91 Å². The lowest BCUT2D eigenvalue weighted by molar-refractivity contribution is -0.122. The first-order valence-electron chi connectivity index (χ1n) is 8.24. The summed E-state index contributed by atoms with van der Waals surface area (Å²) in [6.07, 6.45) is 4.47. The molecule has 1 aliphatic heterocycles. The molecule has 0 aromatic carbocycles. The number of hydrogen-bond donors (Lipinski definition) is 1. The molecule has 23 heavy (non-hydrogen) atoms. The molecule has 0 aliphatic carbocycles. The molecule has 1 saturated heterocycles. The van der Waals surface area contributed by atoms with Gasteiger partial charge in [0.05, 0.1) is 6.10 Å². The van der Waals surface area contributed by atoms with Gasteiger partial charge in [-0.05, 0) is 18.1 Å². The average Bonchev–Trinajstić information content (AvgIpc) is 2.56. The van der Waals surface area contributed by atoms with Gasteiger partial charge >= 0.3 is 0 Å². The lowest BCUT2D eigenvalue weighted by Crippen LogP contribution is -2.48. The number of pyridine rings is 1. The highest BCUT2D eigenvalue weighted by atomic mass is 16.5. The fourth-order valence-corrected chi connectivity index (χ4v) is 2.92. The lowest BCUT2D eigenvalue weighted by Gasteiger charge is -2.36. The lowest BCUT2D eigenvalue weighted by atomic mass is 10.0. The van der Waals surface area contributed by atoms with Crippen LogP contribution in [-0.2, 0) is 16.1 Å². The molecule has 1 amide bonds. The summed E-state index contributed by atoms with van der Waals surface area (Å²) < 4.78 is 5.53. The predicted molar refractivity (Wildman–Crippen MR) is 89.7 cm³/mol. The first-order valence-corrected chi connectivity index (χ1v) is 8.24. The summed E-state index contributed by atoms with van der Waals surface area (Å²) in [5, 5.41) is 0. The normalized spacial score (nSPS) is 19.4. The number of aromatic nitrogens is 1. The summed E-state index contributed by atoms with van der Waals surface area (Å²) in [6.45, 7) is 7.78. The highest BCUT2D eigenvalue weighted by Gasteiger charge is 2.22. The molecule has 1 fully saturated rings. The zero-order valence-corrected chi connectivity index (χ0v) is 14.1.